The number of carbonyl (C=O) groups excluding carboxylic acids is 1. The molecule has 2 N–H and O–H groups in total. The molecule has 1 aromatic carbocycles. The Morgan fingerprint density at radius 3 is 2.79 bits per heavy atom. The van der Waals surface area contributed by atoms with Gasteiger partial charge in [-0.25, -0.2) is 4.98 Å². The van der Waals surface area contributed by atoms with Gasteiger partial charge in [0.05, 0.1) is 6.42 Å². The minimum atomic E-state index is -0.0326. The second kappa shape index (κ2) is 8.14. The van der Waals surface area contributed by atoms with Crippen molar-refractivity contribution in [2.75, 3.05) is 19.0 Å². The number of fused-ring (bicyclic) bond motifs is 1. The van der Waals surface area contributed by atoms with Gasteiger partial charge in [-0.15, -0.1) is 0 Å². The van der Waals surface area contributed by atoms with Crippen molar-refractivity contribution in [2.45, 2.75) is 13.0 Å². The average molecular weight is 385 g/mol. The number of rotatable bonds is 6. The van der Waals surface area contributed by atoms with E-state index in [1.54, 1.807) is 12.4 Å². The van der Waals surface area contributed by atoms with E-state index in [0.29, 0.717) is 13.0 Å². The average Bonchev–Trinajstić information content (AvgIpc) is 3.15. The van der Waals surface area contributed by atoms with Crippen LogP contribution in [-0.2, 0) is 17.8 Å². The fourth-order valence-corrected chi connectivity index (χ4v) is 3.26. The summed E-state index contributed by atoms with van der Waals surface area (Å²) in [5, 5.41) is 3.92. The summed E-state index contributed by atoms with van der Waals surface area (Å²) in [6, 6.07) is 14.2. The van der Waals surface area contributed by atoms with Crippen LogP contribution in [0.5, 0.6) is 0 Å². The zero-order chi connectivity index (χ0) is 20.2. The Labute approximate surface area is 169 Å². The molecule has 0 aliphatic heterocycles. The summed E-state index contributed by atoms with van der Waals surface area (Å²) < 4.78 is 0. The lowest BCUT2D eigenvalue weighted by atomic mass is 10.0. The van der Waals surface area contributed by atoms with Gasteiger partial charge in [0.15, 0.2) is 0 Å². The van der Waals surface area contributed by atoms with Crippen molar-refractivity contribution in [1.29, 1.82) is 0 Å². The third-order valence-electron chi connectivity index (χ3n) is 4.88. The molecule has 0 spiro atoms. The Morgan fingerprint density at radius 1 is 1.10 bits per heavy atom. The van der Waals surface area contributed by atoms with Crippen LogP contribution < -0.4 is 10.2 Å². The molecule has 0 unspecified atom stereocenters. The number of amides is 1. The fourth-order valence-electron chi connectivity index (χ4n) is 3.26. The first kappa shape index (κ1) is 18.7. The second-order valence-electron chi connectivity index (χ2n) is 7.19. The van der Waals surface area contributed by atoms with Crippen LogP contribution in [0.2, 0.25) is 0 Å². The van der Waals surface area contributed by atoms with E-state index < -0.39 is 0 Å². The number of hydrogen-bond acceptors (Lipinski definition) is 4. The van der Waals surface area contributed by atoms with Gasteiger partial charge >= 0.3 is 0 Å². The van der Waals surface area contributed by atoms with E-state index in [1.165, 1.54) is 0 Å². The van der Waals surface area contributed by atoms with E-state index >= 15 is 0 Å². The zero-order valence-electron chi connectivity index (χ0n) is 16.5. The van der Waals surface area contributed by atoms with Gasteiger partial charge in [-0.1, -0.05) is 18.2 Å². The molecule has 6 heteroatoms. The molecule has 146 valence electrons. The van der Waals surface area contributed by atoms with Gasteiger partial charge in [-0.05, 0) is 41.0 Å². The highest BCUT2D eigenvalue weighted by Crippen LogP contribution is 2.27. The van der Waals surface area contributed by atoms with Crippen LogP contribution >= 0.6 is 0 Å². The lowest BCUT2D eigenvalue weighted by Crippen LogP contribution is -2.24. The topological polar surface area (TPSA) is 73.9 Å². The molecule has 0 radical (unpaired) electrons. The molecule has 0 aliphatic carbocycles. The molecule has 3 heterocycles. The maximum atomic E-state index is 12.4. The summed E-state index contributed by atoms with van der Waals surface area (Å²) in [5.74, 6) is -0.0326. The van der Waals surface area contributed by atoms with Gasteiger partial charge in [0, 0.05) is 62.1 Å². The minimum absolute atomic E-state index is 0.0326. The van der Waals surface area contributed by atoms with E-state index in [-0.39, 0.29) is 5.91 Å². The van der Waals surface area contributed by atoms with Crippen LogP contribution in [0.15, 0.2) is 67.3 Å². The lowest BCUT2D eigenvalue weighted by Gasteiger charge is -2.13. The van der Waals surface area contributed by atoms with Gasteiger partial charge in [0.25, 0.3) is 0 Å². The number of nitrogens with one attached hydrogen (secondary N) is 2. The molecule has 29 heavy (non-hydrogen) atoms. The Morgan fingerprint density at radius 2 is 2.00 bits per heavy atom. The highest BCUT2D eigenvalue weighted by Gasteiger charge is 2.11. The quantitative estimate of drug-likeness (QED) is 0.532. The number of anilines is 1. The summed E-state index contributed by atoms with van der Waals surface area (Å²) in [5.41, 5.74) is 5.95. The highest BCUT2D eigenvalue weighted by atomic mass is 16.1. The van der Waals surface area contributed by atoms with Crippen molar-refractivity contribution in [1.82, 2.24) is 20.3 Å². The summed E-state index contributed by atoms with van der Waals surface area (Å²) in [6.45, 7) is 0.468. The van der Waals surface area contributed by atoms with Gasteiger partial charge in [-0.2, -0.15) is 0 Å². The number of aromatic nitrogens is 3. The Balaban J connectivity index is 1.54. The number of carbonyl (C=O) groups is 1. The second-order valence-corrected chi connectivity index (χ2v) is 7.19. The van der Waals surface area contributed by atoms with E-state index in [9.17, 15) is 4.79 Å². The first-order chi connectivity index (χ1) is 14.1. The number of benzene rings is 1. The van der Waals surface area contributed by atoms with Crippen LogP contribution in [0.4, 0.5) is 5.69 Å². The first-order valence-electron chi connectivity index (χ1n) is 9.49. The maximum absolute atomic E-state index is 12.4. The van der Waals surface area contributed by atoms with Crippen molar-refractivity contribution < 1.29 is 4.79 Å². The van der Waals surface area contributed by atoms with Crippen molar-refractivity contribution in [3.8, 4) is 11.1 Å². The molecule has 1 amide bonds. The minimum Gasteiger partial charge on any atom is -0.378 e. The van der Waals surface area contributed by atoms with Gasteiger partial charge < -0.3 is 15.2 Å². The maximum Gasteiger partial charge on any atom is 0.224 e. The normalized spacial score (nSPS) is 10.8. The van der Waals surface area contributed by atoms with Crippen LogP contribution in [0, 0.1) is 0 Å². The van der Waals surface area contributed by atoms with Crippen LogP contribution in [0.25, 0.3) is 22.2 Å². The molecule has 4 aromatic rings. The van der Waals surface area contributed by atoms with Gasteiger partial charge in [-0.3, -0.25) is 9.78 Å². The van der Waals surface area contributed by atoms with Crippen LogP contribution in [0.1, 0.15) is 11.1 Å². The van der Waals surface area contributed by atoms with Crippen molar-refractivity contribution >= 4 is 22.6 Å². The third kappa shape index (κ3) is 4.27. The molecule has 3 aromatic heterocycles. The molecular weight excluding hydrogens is 362 g/mol. The standard InChI is InChI=1S/C23H23N5O/c1-28(2)20-7-3-6-17(9-20)18-10-21-19(15-27-23(21)26-14-18)11-22(29)25-13-16-5-4-8-24-12-16/h3-10,12,14-15H,11,13H2,1-2H3,(H,25,29)(H,26,27). The van der Waals surface area contributed by atoms with E-state index in [1.807, 2.05) is 44.7 Å². The molecule has 0 saturated heterocycles. The molecule has 0 aliphatic rings. The summed E-state index contributed by atoms with van der Waals surface area (Å²) in [7, 11) is 4.05. The van der Waals surface area contributed by atoms with Crippen LogP contribution in [-0.4, -0.2) is 35.0 Å². The first-order valence-corrected chi connectivity index (χ1v) is 9.49. The Kier molecular flexibility index (Phi) is 5.24. The smallest absolute Gasteiger partial charge is 0.224 e. The summed E-state index contributed by atoms with van der Waals surface area (Å²) in [6.07, 6.45) is 7.49. The fraction of sp³-hybridized carbons (Fsp3) is 0.174. The predicted octanol–water partition coefficient (Wildman–Crippen LogP) is 3.55. The van der Waals surface area contributed by atoms with Crippen molar-refractivity contribution in [3.05, 3.63) is 78.4 Å². The number of aromatic amines is 1. The molecule has 6 nitrogen and oxygen atoms in total. The SMILES string of the molecule is CN(C)c1cccc(-c2cnc3[nH]cc(CC(=O)NCc4cccnc4)c3c2)c1. The largest absolute Gasteiger partial charge is 0.378 e. The lowest BCUT2D eigenvalue weighted by molar-refractivity contribution is -0.120. The molecule has 0 saturated carbocycles. The molecule has 0 atom stereocenters. The van der Waals surface area contributed by atoms with Crippen molar-refractivity contribution in [2.24, 2.45) is 0 Å². The van der Waals surface area contributed by atoms with Crippen molar-refractivity contribution in [3.63, 3.8) is 0 Å². The highest BCUT2D eigenvalue weighted by molar-refractivity contribution is 5.89. The number of H-pyrrole nitrogens is 1. The third-order valence-corrected chi connectivity index (χ3v) is 4.88. The summed E-state index contributed by atoms with van der Waals surface area (Å²) in [4.78, 5) is 26.3. The van der Waals surface area contributed by atoms with Gasteiger partial charge in [0.2, 0.25) is 5.91 Å². The predicted molar refractivity (Wildman–Crippen MR) is 116 cm³/mol. The molecular formula is C23H23N5O. The van der Waals surface area contributed by atoms with Crippen LogP contribution in [0.3, 0.4) is 0 Å². The number of pyridine rings is 2. The van der Waals surface area contributed by atoms with E-state index in [2.05, 4.69) is 49.4 Å². The Bertz CT molecular complexity index is 1130. The monoisotopic (exact) mass is 385 g/mol. The summed E-state index contributed by atoms with van der Waals surface area (Å²) >= 11 is 0. The molecule has 0 bridgehead atoms. The Hall–Kier alpha value is -3.67. The number of nitrogens with zero attached hydrogens (tertiary/aromatic N) is 3. The molecule has 4 rings (SSSR count). The number of hydrogen-bond donors (Lipinski definition) is 2. The van der Waals surface area contributed by atoms with E-state index in [0.717, 1.165) is 39.0 Å². The van der Waals surface area contributed by atoms with Gasteiger partial charge in [0.1, 0.15) is 5.65 Å². The zero-order valence-corrected chi connectivity index (χ0v) is 16.5. The molecule has 0 fully saturated rings. The van der Waals surface area contributed by atoms with E-state index in [4.69, 9.17) is 0 Å².